The summed E-state index contributed by atoms with van der Waals surface area (Å²) in [6.07, 6.45) is 1.53. The highest BCUT2D eigenvalue weighted by Crippen LogP contribution is 2.23. The average Bonchev–Trinajstić information content (AvgIpc) is 2.61. The molecule has 130 valence electrons. The van der Waals surface area contributed by atoms with Crippen LogP contribution in [0, 0.1) is 0 Å². The average molecular weight is 377 g/mol. The van der Waals surface area contributed by atoms with E-state index in [1.165, 1.54) is 43.6 Å². The molecule has 0 aliphatic carbocycles. The summed E-state index contributed by atoms with van der Waals surface area (Å²) in [7, 11) is -6.14. The molecule has 0 fully saturated rings. The zero-order chi connectivity index (χ0) is 18.1. The van der Waals surface area contributed by atoms with Gasteiger partial charge in [0.15, 0.2) is 0 Å². The van der Waals surface area contributed by atoms with Crippen molar-refractivity contribution in [3.05, 3.63) is 60.8 Å². The van der Waals surface area contributed by atoms with E-state index in [0.29, 0.717) is 10.9 Å². The van der Waals surface area contributed by atoms with Crippen LogP contribution in [0.1, 0.15) is 0 Å². The Morgan fingerprint density at radius 3 is 2.20 bits per heavy atom. The fourth-order valence-corrected chi connectivity index (χ4v) is 4.29. The van der Waals surface area contributed by atoms with E-state index in [4.69, 9.17) is 0 Å². The number of nitrogens with zero attached hydrogens (tertiary/aromatic N) is 1. The van der Waals surface area contributed by atoms with Gasteiger partial charge in [-0.15, -0.1) is 0 Å². The van der Waals surface area contributed by atoms with Crippen molar-refractivity contribution in [3.63, 3.8) is 0 Å². The van der Waals surface area contributed by atoms with Crippen molar-refractivity contribution in [2.24, 2.45) is 0 Å². The fourth-order valence-electron chi connectivity index (χ4n) is 2.32. The van der Waals surface area contributed by atoms with Gasteiger partial charge >= 0.3 is 0 Å². The first kappa shape index (κ1) is 17.3. The molecule has 2 aromatic carbocycles. The van der Waals surface area contributed by atoms with Gasteiger partial charge in [-0.1, -0.05) is 18.2 Å². The third kappa shape index (κ3) is 3.48. The largest absolute Gasteiger partial charge is 0.280 e. The maximum atomic E-state index is 12.7. The Labute approximate surface area is 145 Å². The van der Waals surface area contributed by atoms with Crippen molar-refractivity contribution >= 4 is 36.6 Å². The van der Waals surface area contributed by atoms with Crippen LogP contribution in [-0.4, -0.2) is 28.9 Å². The van der Waals surface area contributed by atoms with Gasteiger partial charge in [0, 0.05) is 17.3 Å². The van der Waals surface area contributed by atoms with Gasteiger partial charge in [0.1, 0.15) is 4.90 Å². The van der Waals surface area contributed by atoms with Crippen molar-refractivity contribution in [1.29, 1.82) is 0 Å². The van der Waals surface area contributed by atoms with Crippen molar-refractivity contribution in [2.75, 3.05) is 11.8 Å². The van der Waals surface area contributed by atoms with E-state index >= 15 is 0 Å². The third-order valence-corrected chi connectivity index (χ3v) is 6.41. The highest BCUT2D eigenvalue weighted by molar-refractivity contribution is 7.93. The Balaban J connectivity index is 1.96. The number of fused-ring (bicyclic) bond motifs is 1. The minimum Gasteiger partial charge on any atom is -0.280 e. The van der Waals surface area contributed by atoms with Crippen LogP contribution in [0.25, 0.3) is 10.9 Å². The zero-order valence-electron chi connectivity index (χ0n) is 13.2. The third-order valence-electron chi connectivity index (χ3n) is 3.57. The van der Waals surface area contributed by atoms with E-state index in [1.807, 2.05) is 0 Å². The lowest BCUT2D eigenvalue weighted by Crippen LogP contribution is -2.18. The topological polar surface area (TPSA) is 105 Å². The van der Waals surface area contributed by atoms with Crippen LogP contribution in [0.3, 0.4) is 0 Å². The number of para-hydroxylation sites is 1. The quantitative estimate of drug-likeness (QED) is 0.707. The van der Waals surface area contributed by atoms with Crippen LogP contribution >= 0.6 is 0 Å². The number of hydrogen-bond acceptors (Lipinski definition) is 5. The van der Waals surface area contributed by atoms with Crippen LogP contribution in [0.4, 0.5) is 5.69 Å². The molecule has 3 rings (SSSR count). The second-order valence-electron chi connectivity index (χ2n) is 5.17. The van der Waals surface area contributed by atoms with Crippen LogP contribution in [0.2, 0.25) is 0 Å². The van der Waals surface area contributed by atoms with Gasteiger partial charge in [-0.05, 0) is 43.4 Å². The summed E-state index contributed by atoms with van der Waals surface area (Å²) in [6, 6.07) is 13.8. The molecule has 0 bridgehead atoms. The summed E-state index contributed by atoms with van der Waals surface area (Å²) in [5.41, 5.74) is 0.620. The van der Waals surface area contributed by atoms with Crippen molar-refractivity contribution in [2.45, 2.75) is 9.79 Å². The van der Waals surface area contributed by atoms with E-state index in [9.17, 15) is 16.8 Å². The molecular weight excluding hydrogens is 362 g/mol. The molecule has 2 N–H and O–H groups in total. The number of hydrogen-bond donors (Lipinski definition) is 2. The molecule has 0 atom stereocenters. The molecule has 7 nitrogen and oxygen atoms in total. The summed E-state index contributed by atoms with van der Waals surface area (Å²) >= 11 is 0. The lowest BCUT2D eigenvalue weighted by atomic mass is 10.2. The van der Waals surface area contributed by atoms with Crippen molar-refractivity contribution in [1.82, 2.24) is 9.71 Å². The van der Waals surface area contributed by atoms with Crippen molar-refractivity contribution < 1.29 is 16.8 Å². The van der Waals surface area contributed by atoms with Gasteiger partial charge in [0.25, 0.3) is 10.0 Å². The summed E-state index contributed by atoms with van der Waals surface area (Å²) in [6.45, 7) is 0. The summed E-state index contributed by atoms with van der Waals surface area (Å²) in [5.74, 6) is 0. The number of anilines is 1. The number of rotatable bonds is 5. The van der Waals surface area contributed by atoms with E-state index in [-0.39, 0.29) is 15.5 Å². The first-order chi connectivity index (χ1) is 11.8. The highest BCUT2D eigenvalue weighted by Gasteiger charge is 2.19. The standard InChI is InChI=1S/C16H15N3O4S2/c1-17-24(20,21)14-9-7-13(8-10-14)19-25(22,23)15-6-2-4-12-5-3-11-18-16(12)15/h2-11,17,19H,1H3. The molecule has 0 amide bonds. The Morgan fingerprint density at radius 2 is 1.52 bits per heavy atom. The lowest BCUT2D eigenvalue weighted by Gasteiger charge is -2.10. The van der Waals surface area contributed by atoms with Crippen LogP contribution in [-0.2, 0) is 20.0 Å². The number of nitrogens with one attached hydrogen (secondary N) is 2. The monoisotopic (exact) mass is 377 g/mol. The Morgan fingerprint density at radius 1 is 0.840 bits per heavy atom. The molecule has 0 radical (unpaired) electrons. The minimum atomic E-state index is -3.87. The number of sulfonamides is 2. The molecule has 0 aliphatic rings. The first-order valence-electron chi connectivity index (χ1n) is 7.24. The molecular formula is C16H15N3O4S2. The molecule has 25 heavy (non-hydrogen) atoms. The fraction of sp³-hybridized carbons (Fsp3) is 0.0625. The summed E-state index contributed by atoms with van der Waals surface area (Å²) in [4.78, 5) is 4.24. The van der Waals surface area contributed by atoms with E-state index in [2.05, 4.69) is 14.4 Å². The lowest BCUT2D eigenvalue weighted by molar-refractivity contribution is 0.588. The zero-order valence-corrected chi connectivity index (χ0v) is 14.8. The van der Waals surface area contributed by atoms with Crippen molar-refractivity contribution in [3.8, 4) is 0 Å². The Bertz CT molecular complexity index is 1120. The molecule has 9 heteroatoms. The molecule has 1 heterocycles. The summed E-state index contributed by atoms with van der Waals surface area (Å²) in [5, 5.41) is 0.709. The predicted molar refractivity (Wildman–Crippen MR) is 95.2 cm³/mol. The minimum absolute atomic E-state index is 0.0461. The maximum Gasteiger partial charge on any atom is 0.264 e. The smallest absolute Gasteiger partial charge is 0.264 e. The molecule has 1 aromatic heterocycles. The van der Waals surface area contributed by atoms with Crippen LogP contribution < -0.4 is 9.44 Å². The molecule has 0 saturated carbocycles. The first-order valence-corrected chi connectivity index (χ1v) is 10.2. The molecule has 3 aromatic rings. The molecule has 0 aliphatic heterocycles. The van der Waals surface area contributed by atoms with Gasteiger partial charge in [0.05, 0.1) is 10.4 Å². The number of pyridine rings is 1. The van der Waals surface area contributed by atoms with Gasteiger partial charge < -0.3 is 0 Å². The van der Waals surface area contributed by atoms with Crippen LogP contribution in [0.5, 0.6) is 0 Å². The van der Waals surface area contributed by atoms with Crippen LogP contribution in [0.15, 0.2) is 70.6 Å². The number of benzene rings is 2. The van der Waals surface area contributed by atoms with Gasteiger partial charge in [-0.25, -0.2) is 21.6 Å². The normalized spacial score (nSPS) is 12.2. The van der Waals surface area contributed by atoms with E-state index < -0.39 is 20.0 Å². The second kappa shape index (κ2) is 6.43. The van der Waals surface area contributed by atoms with Gasteiger partial charge in [0.2, 0.25) is 10.0 Å². The number of aromatic nitrogens is 1. The van der Waals surface area contributed by atoms with Gasteiger partial charge in [-0.3, -0.25) is 9.71 Å². The SMILES string of the molecule is CNS(=O)(=O)c1ccc(NS(=O)(=O)c2cccc3cccnc23)cc1. The predicted octanol–water partition coefficient (Wildman–Crippen LogP) is 1.94. The van der Waals surface area contributed by atoms with E-state index in [1.54, 1.807) is 24.3 Å². The van der Waals surface area contributed by atoms with Gasteiger partial charge in [-0.2, -0.15) is 0 Å². The maximum absolute atomic E-state index is 12.7. The molecule has 0 saturated heterocycles. The second-order valence-corrected chi connectivity index (χ2v) is 8.71. The summed E-state index contributed by atoms with van der Waals surface area (Å²) < 4.78 is 53.4. The Kier molecular flexibility index (Phi) is 4.46. The Hall–Kier alpha value is -2.49. The van der Waals surface area contributed by atoms with E-state index in [0.717, 1.165) is 0 Å². The molecule has 0 unspecified atom stereocenters. The highest BCUT2D eigenvalue weighted by atomic mass is 32.2. The molecule has 0 spiro atoms.